The van der Waals surface area contributed by atoms with Crippen molar-refractivity contribution in [2.24, 2.45) is 0 Å². The average Bonchev–Trinajstić information content (AvgIpc) is 3.21. The van der Waals surface area contributed by atoms with Crippen molar-refractivity contribution in [1.82, 2.24) is 4.98 Å². The smallest absolute Gasteiger partial charge is 0.446 e. The van der Waals surface area contributed by atoms with E-state index < -0.39 is 11.5 Å². The van der Waals surface area contributed by atoms with Gasteiger partial charge in [-0.2, -0.15) is 13.2 Å². The van der Waals surface area contributed by atoms with Gasteiger partial charge in [0, 0.05) is 10.5 Å². The lowest BCUT2D eigenvalue weighted by Gasteiger charge is -2.29. The number of carboxylic acids is 1. The van der Waals surface area contributed by atoms with E-state index in [0.717, 1.165) is 19.3 Å². The second-order valence-corrected chi connectivity index (χ2v) is 10.2. The minimum Gasteiger partial charge on any atom is -0.478 e. The number of oxazole rings is 1. The van der Waals surface area contributed by atoms with Gasteiger partial charge in [0.2, 0.25) is 5.89 Å². The van der Waals surface area contributed by atoms with Crippen LogP contribution in [0.1, 0.15) is 58.6 Å². The van der Waals surface area contributed by atoms with E-state index in [1.54, 1.807) is 38.1 Å². The van der Waals surface area contributed by atoms with Crippen molar-refractivity contribution in [3.63, 3.8) is 0 Å². The molecule has 1 saturated carbocycles. The van der Waals surface area contributed by atoms with Crippen LogP contribution in [0.15, 0.2) is 51.8 Å². The molecule has 0 bridgehead atoms. The molecular formula is C27H28F3NO5S. The Kier molecular flexibility index (Phi) is 8.61. The Morgan fingerprint density at radius 1 is 1.08 bits per heavy atom. The topological polar surface area (TPSA) is 81.8 Å². The van der Waals surface area contributed by atoms with Gasteiger partial charge in [0.1, 0.15) is 11.5 Å². The Hall–Kier alpha value is -2.82. The summed E-state index contributed by atoms with van der Waals surface area (Å²) in [5.74, 6) is -0.0371. The van der Waals surface area contributed by atoms with Crippen LogP contribution >= 0.6 is 11.8 Å². The Labute approximate surface area is 217 Å². The van der Waals surface area contributed by atoms with Gasteiger partial charge in [-0.1, -0.05) is 18.2 Å². The number of ether oxygens (including phenoxy) is 2. The van der Waals surface area contributed by atoms with Crippen LogP contribution in [0.2, 0.25) is 0 Å². The van der Waals surface area contributed by atoms with Gasteiger partial charge in [-0.25, -0.2) is 9.78 Å². The van der Waals surface area contributed by atoms with Gasteiger partial charge in [-0.05, 0) is 86.7 Å². The van der Waals surface area contributed by atoms with Gasteiger partial charge in [0.15, 0.2) is 0 Å². The lowest BCUT2D eigenvalue weighted by atomic mass is 9.94. The van der Waals surface area contributed by atoms with Gasteiger partial charge < -0.3 is 19.0 Å². The summed E-state index contributed by atoms with van der Waals surface area (Å²) in [6.45, 7) is 4.02. The molecule has 1 N–H and O–H groups in total. The molecule has 10 heteroatoms. The van der Waals surface area contributed by atoms with Crippen LogP contribution in [0.3, 0.4) is 0 Å². The fourth-order valence-electron chi connectivity index (χ4n) is 4.45. The monoisotopic (exact) mass is 535 g/mol. The number of aryl methyl sites for hydroxylation is 2. The van der Waals surface area contributed by atoms with Crippen LogP contribution in [0.25, 0.3) is 11.5 Å². The number of aromatic carboxylic acids is 1. The first-order valence-electron chi connectivity index (χ1n) is 12.0. The van der Waals surface area contributed by atoms with Crippen molar-refractivity contribution in [3.05, 3.63) is 70.6 Å². The molecule has 1 aliphatic carbocycles. The third-order valence-corrected chi connectivity index (χ3v) is 7.05. The number of nitrogens with zero attached hydrogens (tertiary/aromatic N) is 1. The Balaban J connectivity index is 1.31. The third-order valence-electron chi connectivity index (χ3n) is 6.31. The summed E-state index contributed by atoms with van der Waals surface area (Å²) in [7, 11) is 0. The molecule has 0 spiro atoms. The maximum atomic E-state index is 12.6. The van der Waals surface area contributed by atoms with Gasteiger partial charge in [-0.3, -0.25) is 0 Å². The summed E-state index contributed by atoms with van der Waals surface area (Å²) in [5, 5.41) is 9.52. The number of hydrogen-bond donors (Lipinski definition) is 1. The Morgan fingerprint density at radius 2 is 1.76 bits per heavy atom. The predicted octanol–water partition coefficient (Wildman–Crippen LogP) is 7.31. The maximum absolute atomic E-state index is 12.6. The Bertz CT molecular complexity index is 1230. The van der Waals surface area contributed by atoms with E-state index in [1.807, 2.05) is 6.07 Å². The van der Waals surface area contributed by atoms with Crippen molar-refractivity contribution < 1.29 is 37.0 Å². The van der Waals surface area contributed by atoms with E-state index in [2.05, 4.69) is 4.98 Å². The standard InChI is InChI=1S/C27H28F3NO5S/c1-16-5-3-6-19(24(16)26(32)33)14-34-20-7-4-8-21(13-20)35-15-23-17(2)36-25(31-23)18-9-11-22(12-10-18)37-27(28,29)30/h3,5-6,9-12,20-21H,4,7-8,13-15H2,1-2H3,(H,32,33)/t20-,21+/m1/s1. The molecule has 1 aliphatic rings. The highest BCUT2D eigenvalue weighted by Gasteiger charge is 2.29. The maximum Gasteiger partial charge on any atom is 0.446 e. The highest BCUT2D eigenvalue weighted by Crippen LogP contribution is 2.37. The number of carboxylic acid groups (broad SMARTS) is 1. The summed E-state index contributed by atoms with van der Waals surface area (Å²) in [5.41, 5.74) is -1.46. The first-order chi connectivity index (χ1) is 17.6. The SMILES string of the molecule is Cc1cccc(CO[C@@H]2CCC[C@H](OCc3nc(-c4ccc(SC(F)(F)F)cc4)oc3C)C2)c1C(=O)O. The van der Waals surface area contributed by atoms with E-state index in [0.29, 0.717) is 40.5 Å². The fraction of sp³-hybridized carbons (Fsp3) is 0.407. The summed E-state index contributed by atoms with van der Waals surface area (Å²) in [4.78, 5) is 16.2. The van der Waals surface area contributed by atoms with Crippen LogP contribution < -0.4 is 0 Å². The number of halogens is 3. The molecule has 1 heterocycles. The molecule has 1 fully saturated rings. The molecule has 3 aromatic rings. The average molecular weight is 536 g/mol. The van der Waals surface area contributed by atoms with Crippen molar-refractivity contribution >= 4 is 17.7 Å². The van der Waals surface area contributed by atoms with E-state index >= 15 is 0 Å². The van der Waals surface area contributed by atoms with Crippen molar-refractivity contribution in [1.29, 1.82) is 0 Å². The number of thioether (sulfide) groups is 1. The molecular weight excluding hydrogens is 507 g/mol. The zero-order valence-corrected chi connectivity index (χ0v) is 21.3. The third kappa shape index (κ3) is 7.37. The first-order valence-corrected chi connectivity index (χ1v) is 12.8. The van der Waals surface area contributed by atoms with Gasteiger partial charge in [0.25, 0.3) is 0 Å². The normalized spacial score (nSPS) is 18.2. The number of alkyl halides is 3. The minimum atomic E-state index is -4.34. The zero-order chi connectivity index (χ0) is 26.6. The number of hydrogen-bond acceptors (Lipinski definition) is 6. The molecule has 0 saturated heterocycles. The number of rotatable bonds is 9. The van der Waals surface area contributed by atoms with Crippen LogP contribution in [0.4, 0.5) is 13.2 Å². The van der Waals surface area contributed by atoms with E-state index in [-0.39, 0.29) is 47.6 Å². The highest BCUT2D eigenvalue weighted by atomic mass is 32.2. The molecule has 0 radical (unpaired) electrons. The lowest BCUT2D eigenvalue weighted by Crippen LogP contribution is -2.28. The van der Waals surface area contributed by atoms with Crippen LogP contribution in [0, 0.1) is 13.8 Å². The largest absolute Gasteiger partial charge is 0.478 e. The summed E-state index contributed by atoms with van der Waals surface area (Å²) >= 11 is -0.166. The van der Waals surface area contributed by atoms with Crippen LogP contribution in [0.5, 0.6) is 0 Å². The van der Waals surface area contributed by atoms with Gasteiger partial charge in [0.05, 0.1) is 31.0 Å². The highest BCUT2D eigenvalue weighted by molar-refractivity contribution is 8.00. The fourth-order valence-corrected chi connectivity index (χ4v) is 4.99. The van der Waals surface area contributed by atoms with E-state index in [4.69, 9.17) is 13.9 Å². The number of benzene rings is 2. The van der Waals surface area contributed by atoms with Gasteiger partial charge >= 0.3 is 11.5 Å². The van der Waals surface area contributed by atoms with Crippen molar-refractivity contribution in [2.75, 3.05) is 0 Å². The summed E-state index contributed by atoms with van der Waals surface area (Å²) in [6.07, 6.45) is 3.31. The quantitative estimate of drug-likeness (QED) is 0.288. The number of aromatic nitrogens is 1. The van der Waals surface area contributed by atoms with Crippen LogP contribution in [-0.4, -0.2) is 33.8 Å². The molecule has 198 valence electrons. The molecule has 6 nitrogen and oxygen atoms in total. The molecule has 0 aliphatic heterocycles. The molecule has 0 unspecified atom stereocenters. The second-order valence-electron chi connectivity index (χ2n) is 9.04. The zero-order valence-electron chi connectivity index (χ0n) is 20.5. The second kappa shape index (κ2) is 11.7. The molecule has 2 atom stereocenters. The summed E-state index contributed by atoms with van der Waals surface area (Å²) in [6, 6.07) is 11.3. The molecule has 1 aromatic heterocycles. The summed E-state index contributed by atoms with van der Waals surface area (Å²) < 4.78 is 55.6. The van der Waals surface area contributed by atoms with Crippen LogP contribution in [-0.2, 0) is 22.7 Å². The van der Waals surface area contributed by atoms with E-state index in [1.165, 1.54) is 12.1 Å². The number of carbonyl (C=O) groups is 1. The molecule has 37 heavy (non-hydrogen) atoms. The van der Waals surface area contributed by atoms with E-state index in [9.17, 15) is 23.1 Å². The predicted molar refractivity (Wildman–Crippen MR) is 132 cm³/mol. The molecule has 2 aromatic carbocycles. The van der Waals surface area contributed by atoms with Crippen molar-refractivity contribution in [3.8, 4) is 11.5 Å². The van der Waals surface area contributed by atoms with Crippen molar-refractivity contribution in [2.45, 2.75) is 75.4 Å². The lowest BCUT2D eigenvalue weighted by molar-refractivity contribution is -0.0564. The minimum absolute atomic E-state index is 0.0339. The molecule has 0 amide bonds. The first kappa shape index (κ1) is 27.2. The molecule has 4 rings (SSSR count). The van der Waals surface area contributed by atoms with Gasteiger partial charge in [-0.15, -0.1) is 0 Å². The Morgan fingerprint density at radius 3 is 2.41 bits per heavy atom.